The van der Waals surface area contributed by atoms with Gasteiger partial charge in [-0.1, -0.05) is 12.1 Å². The number of benzene rings is 1. The van der Waals surface area contributed by atoms with Crippen molar-refractivity contribution in [3.63, 3.8) is 0 Å². The van der Waals surface area contributed by atoms with Gasteiger partial charge in [-0.15, -0.1) is 11.3 Å². The number of rotatable bonds is 1. The Bertz CT molecular complexity index is 613. The Kier molecular flexibility index (Phi) is 3.38. The average molecular weight is 328 g/mol. The van der Waals surface area contributed by atoms with Gasteiger partial charge in [0.2, 0.25) is 0 Å². The van der Waals surface area contributed by atoms with Crippen LogP contribution in [0.15, 0.2) is 22.7 Å². The molecule has 1 aromatic heterocycles. The van der Waals surface area contributed by atoms with Gasteiger partial charge in [-0.2, -0.15) is 0 Å². The van der Waals surface area contributed by atoms with E-state index < -0.39 is 5.60 Å². The lowest BCUT2D eigenvalue weighted by Crippen LogP contribution is -2.23. The van der Waals surface area contributed by atoms with Crippen LogP contribution in [0.5, 0.6) is 0 Å². The van der Waals surface area contributed by atoms with Crippen molar-refractivity contribution in [1.82, 2.24) is 0 Å². The maximum absolute atomic E-state index is 12.1. The van der Waals surface area contributed by atoms with Crippen LogP contribution in [0.1, 0.15) is 30.4 Å². The summed E-state index contributed by atoms with van der Waals surface area (Å²) in [6.45, 7) is 5.51. The highest BCUT2D eigenvalue weighted by molar-refractivity contribution is 9.10. The number of ether oxygens (including phenoxy) is 1. The first-order valence-electron chi connectivity index (χ1n) is 5.49. The normalized spacial score (nSPS) is 11.8. The van der Waals surface area contributed by atoms with E-state index >= 15 is 0 Å². The van der Waals surface area contributed by atoms with Crippen LogP contribution in [0, 0.1) is 0 Å². The second kappa shape index (κ2) is 4.55. The third-order valence-electron chi connectivity index (χ3n) is 2.29. The predicted molar refractivity (Wildman–Crippen MR) is 79.1 cm³/mol. The monoisotopic (exact) mass is 327 g/mol. The topological polar surface area (TPSA) is 52.3 Å². The zero-order valence-corrected chi connectivity index (χ0v) is 12.8. The molecule has 2 aromatic rings. The second-order valence-electron chi connectivity index (χ2n) is 4.96. The summed E-state index contributed by atoms with van der Waals surface area (Å²) >= 11 is 4.81. The third-order valence-corrected chi connectivity index (χ3v) is 4.45. The lowest BCUT2D eigenvalue weighted by atomic mass is 10.2. The molecule has 2 rings (SSSR count). The van der Waals surface area contributed by atoms with Crippen LogP contribution >= 0.6 is 27.3 Å². The minimum absolute atomic E-state index is 0.367. The number of hydrogen-bond donors (Lipinski definition) is 1. The standard InChI is InChI=1S/C13H14BrNO2S/c1-13(2,3)17-12(16)11-9(15)7-5-4-6-8(14)10(7)18-11/h4-6H,15H2,1-3H3. The maximum Gasteiger partial charge on any atom is 0.351 e. The van der Waals surface area contributed by atoms with Crippen molar-refractivity contribution in [1.29, 1.82) is 0 Å². The summed E-state index contributed by atoms with van der Waals surface area (Å²) < 4.78 is 7.26. The molecular weight excluding hydrogens is 314 g/mol. The number of nitrogen functional groups attached to an aromatic ring is 1. The van der Waals surface area contributed by atoms with Gasteiger partial charge in [-0.3, -0.25) is 0 Å². The summed E-state index contributed by atoms with van der Waals surface area (Å²) in [5, 5.41) is 0.884. The summed E-state index contributed by atoms with van der Waals surface area (Å²) in [7, 11) is 0. The lowest BCUT2D eigenvalue weighted by Gasteiger charge is -2.18. The minimum atomic E-state index is -0.517. The Hall–Kier alpha value is -1.07. The number of esters is 1. The van der Waals surface area contributed by atoms with Crippen molar-refractivity contribution < 1.29 is 9.53 Å². The van der Waals surface area contributed by atoms with Crippen LogP contribution in [-0.4, -0.2) is 11.6 Å². The van der Waals surface area contributed by atoms with E-state index in [2.05, 4.69) is 15.9 Å². The van der Waals surface area contributed by atoms with Gasteiger partial charge in [0.25, 0.3) is 0 Å². The lowest BCUT2D eigenvalue weighted by molar-refractivity contribution is 0.00765. The number of halogens is 1. The van der Waals surface area contributed by atoms with E-state index in [4.69, 9.17) is 10.5 Å². The largest absolute Gasteiger partial charge is 0.456 e. The summed E-state index contributed by atoms with van der Waals surface area (Å²) in [4.78, 5) is 12.5. The van der Waals surface area contributed by atoms with Crippen molar-refractivity contribution in [2.45, 2.75) is 26.4 Å². The fraction of sp³-hybridized carbons (Fsp3) is 0.308. The average Bonchev–Trinajstić information content (AvgIpc) is 2.56. The number of nitrogens with two attached hydrogens (primary N) is 1. The molecule has 0 fully saturated rings. The van der Waals surface area contributed by atoms with Crippen LogP contribution in [0.2, 0.25) is 0 Å². The Morgan fingerprint density at radius 3 is 2.61 bits per heavy atom. The van der Waals surface area contributed by atoms with E-state index in [1.54, 1.807) is 0 Å². The molecule has 3 nitrogen and oxygen atoms in total. The molecule has 0 saturated heterocycles. The van der Waals surface area contributed by atoms with E-state index in [-0.39, 0.29) is 5.97 Å². The molecule has 5 heteroatoms. The summed E-state index contributed by atoms with van der Waals surface area (Å²) in [5.41, 5.74) is 5.99. The number of carbonyl (C=O) groups excluding carboxylic acids is 1. The van der Waals surface area contributed by atoms with E-state index in [0.29, 0.717) is 10.6 Å². The first-order valence-corrected chi connectivity index (χ1v) is 7.10. The Morgan fingerprint density at radius 2 is 2.06 bits per heavy atom. The Morgan fingerprint density at radius 1 is 1.39 bits per heavy atom. The fourth-order valence-corrected chi connectivity index (χ4v) is 3.19. The van der Waals surface area contributed by atoms with Gasteiger partial charge in [-0.05, 0) is 42.8 Å². The third kappa shape index (κ3) is 2.52. The molecule has 0 bridgehead atoms. The molecule has 0 amide bonds. The SMILES string of the molecule is CC(C)(C)OC(=O)c1sc2c(Br)cccc2c1N. The quantitative estimate of drug-likeness (QED) is 0.798. The molecule has 96 valence electrons. The van der Waals surface area contributed by atoms with Crippen LogP contribution in [0.3, 0.4) is 0 Å². The van der Waals surface area contributed by atoms with Gasteiger partial charge < -0.3 is 10.5 Å². The van der Waals surface area contributed by atoms with Crippen molar-refractivity contribution >= 4 is 49.0 Å². The fourth-order valence-electron chi connectivity index (χ4n) is 1.58. The van der Waals surface area contributed by atoms with Gasteiger partial charge in [0.1, 0.15) is 10.5 Å². The van der Waals surface area contributed by atoms with E-state index in [9.17, 15) is 4.79 Å². The summed E-state index contributed by atoms with van der Waals surface area (Å²) in [6.07, 6.45) is 0. The second-order valence-corrected chi connectivity index (χ2v) is 6.84. The summed E-state index contributed by atoms with van der Waals surface area (Å²) in [5.74, 6) is -0.367. The van der Waals surface area contributed by atoms with E-state index in [0.717, 1.165) is 14.6 Å². The molecule has 0 radical (unpaired) electrons. The van der Waals surface area contributed by atoms with Gasteiger partial charge in [-0.25, -0.2) is 4.79 Å². The zero-order valence-electron chi connectivity index (χ0n) is 10.4. The molecule has 1 aromatic carbocycles. The molecule has 0 spiro atoms. The number of fused-ring (bicyclic) bond motifs is 1. The van der Waals surface area contributed by atoms with Crippen molar-refractivity contribution in [3.05, 3.63) is 27.5 Å². The molecule has 0 saturated carbocycles. The molecule has 18 heavy (non-hydrogen) atoms. The molecular formula is C13H14BrNO2S. The Balaban J connectivity index is 2.50. The molecule has 0 aliphatic rings. The smallest absolute Gasteiger partial charge is 0.351 e. The van der Waals surface area contributed by atoms with Gasteiger partial charge in [0, 0.05) is 9.86 Å². The Labute approximate surface area is 118 Å². The zero-order chi connectivity index (χ0) is 13.5. The molecule has 0 aliphatic carbocycles. The predicted octanol–water partition coefficient (Wildman–Crippen LogP) is 4.20. The highest BCUT2D eigenvalue weighted by Crippen LogP contribution is 2.38. The van der Waals surface area contributed by atoms with E-state index in [1.165, 1.54) is 11.3 Å². The van der Waals surface area contributed by atoms with Gasteiger partial charge >= 0.3 is 5.97 Å². The molecule has 2 N–H and O–H groups in total. The molecule has 0 atom stereocenters. The van der Waals surface area contributed by atoms with Crippen molar-refractivity contribution in [2.24, 2.45) is 0 Å². The number of hydrogen-bond acceptors (Lipinski definition) is 4. The van der Waals surface area contributed by atoms with Crippen LogP contribution < -0.4 is 5.73 Å². The number of carbonyl (C=O) groups is 1. The van der Waals surface area contributed by atoms with Crippen LogP contribution in [0.25, 0.3) is 10.1 Å². The van der Waals surface area contributed by atoms with Gasteiger partial charge in [0.15, 0.2) is 0 Å². The van der Waals surface area contributed by atoms with Crippen LogP contribution in [0.4, 0.5) is 5.69 Å². The number of thiophene rings is 1. The first kappa shape index (κ1) is 13.4. The summed E-state index contributed by atoms with van der Waals surface area (Å²) in [6, 6.07) is 5.73. The molecule has 1 heterocycles. The van der Waals surface area contributed by atoms with Crippen LogP contribution in [-0.2, 0) is 4.74 Å². The highest BCUT2D eigenvalue weighted by atomic mass is 79.9. The van der Waals surface area contributed by atoms with Crippen molar-refractivity contribution in [3.8, 4) is 0 Å². The minimum Gasteiger partial charge on any atom is -0.456 e. The first-order chi connectivity index (χ1) is 8.29. The highest BCUT2D eigenvalue weighted by Gasteiger charge is 2.23. The van der Waals surface area contributed by atoms with Gasteiger partial charge in [0.05, 0.1) is 10.4 Å². The maximum atomic E-state index is 12.1. The number of anilines is 1. The molecule has 0 aliphatic heterocycles. The van der Waals surface area contributed by atoms with E-state index in [1.807, 2.05) is 39.0 Å². The molecule has 0 unspecified atom stereocenters. The van der Waals surface area contributed by atoms with Crippen molar-refractivity contribution in [2.75, 3.05) is 5.73 Å².